The Hall–Kier alpha value is -5.25. The van der Waals surface area contributed by atoms with Gasteiger partial charge in [-0.05, 0) is 70.1 Å². The van der Waals surface area contributed by atoms with Gasteiger partial charge < -0.3 is 9.84 Å². The molecular formula is C41H35N3O4S2. The summed E-state index contributed by atoms with van der Waals surface area (Å²) in [5.41, 5.74) is 5.58. The number of aromatic nitrogens is 2. The van der Waals surface area contributed by atoms with E-state index in [1.165, 1.54) is 44.3 Å². The molecule has 6 aromatic rings. The van der Waals surface area contributed by atoms with Gasteiger partial charge >= 0.3 is 5.91 Å². The van der Waals surface area contributed by atoms with Crippen molar-refractivity contribution >= 4 is 56.5 Å². The highest BCUT2D eigenvalue weighted by Crippen LogP contribution is 2.44. The molecule has 0 radical (unpaired) electrons. The molecule has 0 aliphatic carbocycles. The Balaban J connectivity index is 1.19. The number of nitrogens with zero attached hydrogens (tertiary/aromatic N) is 3. The molecule has 50 heavy (non-hydrogen) atoms. The number of aliphatic hydroxyl groups is 1. The molecule has 1 amide bonds. The molecule has 1 aliphatic heterocycles. The van der Waals surface area contributed by atoms with Crippen molar-refractivity contribution in [1.29, 1.82) is 0 Å². The number of hydrogen-bond acceptors (Lipinski definition) is 8. The molecule has 1 aliphatic rings. The Bertz CT molecular complexity index is 2220. The van der Waals surface area contributed by atoms with Gasteiger partial charge in [0.05, 0.1) is 11.6 Å². The zero-order chi connectivity index (χ0) is 34.8. The van der Waals surface area contributed by atoms with Gasteiger partial charge in [0.2, 0.25) is 5.13 Å². The molecule has 250 valence electrons. The smallest absolute Gasteiger partial charge is 0.301 e. The van der Waals surface area contributed by atoms with Crippen LogP contribution in [0, 0.1) is 6.92 Å². The summed E-state index contributed by atoms with van der Waals surface area (Å²) >= 11 is 2.79. The fourth-order valence-electron chi connectivity index (χ4n) is 6.16. The third kappa shape index (κ3) is 6.79. The van der Waals surface area contributed by atoms with Crippen LogP contribution in [0.25, 0.3) is 16.5 Å². The van der Waals surface area contributed by atoms with Crippen LogP contribution in [0.3, 0.4) is 0 Å². The summed E-state index contributed by atoms with van der Waals surface area (Å²) in [6, 6.07) is 36.4. The Morgan fingerprint density at radius 1 is 0.900 bits per heavy atom. The Morgan fingerprint density at radius 3 is 2.40 bits per heavy atom. The number of carbonyl (C=O) groups is 2. The van der Waals surface area contributed by atoms with Crippen LogP contribution < -0.4 is 9.64 Å². The Labute approximate surface area is 299 Å². The maximum absolute atomic E-state index is 13.8. The predicted molar refractivity (Wildman–Crippen MR) is 201 cm³/mol. The Morgan fingerprint density at radius 2 is 1.64 bits per heavy atom. The lowest BCUT2D eigenvalue weighted by atomic mass is 9.93. The SMILES string of the molecule is Cc1cccc(COc2ccc(/C(O)=C3\C(=O)C(=O)N(c4nnc(SCc5cccc6ccccc56)s4)C3c3ccc(C(C)C)cc3)cc2)c1. The van der Waals surface area contributed by atoms with Crippen LogP contribution in [-0.2, 0) is 21.9 Å². The van der Waals surface area contributed by atoms with E-state index in [2.05, 4.69) is 54.4 Å². The second-order valence-corrected chi connectivity index (χ2v) is 14.7. The van der Waals surface area contributed by atoms with Gasteiger partial charge in [-0.2, -0.15) is 0 Å². The summed E-state index contributed by atoms with van der Waals surface area (Å²) in [4.78, 5) is 28.9. The van der Waals surface area contributed by atoms with Crippen LogP contribution in [0.15, 0.2) is 125 Å². The van der Waals surface area contributed by atoms with Crippen molar-refractivity contribution in [2.24, 2.45) is 0 Å². The van der Waals surface area contributed by atoms with Crippen molar-refractivity contribution in [3.8, 4) is 5.75 Å². The zero-order valence-corrected chi connectivity index (χ0v) is 29.5. The van der Waals surface area contributed by atoms with Gasteiger partial charge in [-0.1, -0.05) is 134 Å². The normalized spacial score (nSPS) is 15.7. The molecular weight excluding hydrogens is 663 g/mol. The number of ketones is 1. The first kappa shape index (κ1) is 33.3. The second kappa shape index (κ2) is 14.3. The number of anilines is 1. The maximum atomic E-state index is 13.8. The molecule has 7 rings (SSSR count). The van der Waals surface area contributed by atoms with E-state index < -0.39 is 17.7 Å². The molecule has 0 saturated carbocycles. The van der Waals surface area contributed by atoms with E-state index in [1.807, 2.05) is 67.6 Å². The lowest BCUT2D eigenvalue weighted by Gasteiger charge is -2.23. The van der Waals surface area contributed by atoms with E-state index >= 15 is 0 Å². The number of benzene rings is 5. The van der Waals surface area contributed by atoms with Gasteiger partial charge in [0.15, 0.2) is 4.34 Å². The molecule has 0 bridgehead atoms. The monoisotopic (exact) mass is 697 g/mol. The molecule has 1 fully saturated rings. The van der Waals surface area contributed by atoms with Gasteiger partial charge in [0.25, 0.3) is 5.78 Å². The largest absolute Gasteiger partial charge is 0.507 e. The average Bonchev–Trinajstić information content (AvgIpc) is 3.71. The number of carbonyl (C=O) groups excluding carboxylic acids is 2. The van der Waals surface area contributed by atoms with Crippen molar-refractivity contribution in [3.05, 3.63) is 154 Å². The number of aryl methyl sites for hydroxylation is 1. The van der Waals surface area contributed by atoms with E-state index in [-0.39, 0.29) is 11.3 Å². The topological polar surface area (TPSA) is 92.6 Å². The van der Waals surface area contributed by atoms with Crippen molar-refractivity contribution in [2.75, 3.05) is 4.90 Å². The van der Waals surface area contributed by atoms with Crippen molar-refractivity contribution in [2.45, 2.75) is 49.4 Å². The second-order valence-electron chi connectivity index (χ2n) is 12.6. The lowest BCUT2D eigenvalue weighted by Crippen LogP contribution is -2.29. The van der Waals surface area contributed by atoms with Crippen LogP contribution in [-0.4, -0.2) is 27.0 Å². The number of fused-ring (bicyclic) bond motifs is 1. The van der Waals surface area contributed by atoms with Gasteiger partial charge in [-0.15, -0.1) is 10.2 Å². The zero-order valence-electron chi connectivity index (χ0n) is 27.9. The highest BCUT2D eigenvalue weighted by Gasteiger charge is 2.48. The lowest BCUT2D eigenvalue weighted by molar-refractivity contribution is -0.132. The van der Waals surface area contributed by atoms with Crippen LogP contribution in [0.4, 0.5) is 5.13 Å². The highest BCUT2D eigenvalue weighted by atomic mass is 32.2. The molecule has 1 unspecified atom stereocenters. The van der Waals surface area contributed by atoms with E-state index in [0.29, 0.717) is 44.6 Å². The first-order chi connectivity index (χ1) is 24.3. The molecule has 0 spiro atoms. The first-order valence-electron chi connectivity index (χ1n) is 16.4. The fraction of sp³-hybridized carbons (Fsp3) is 0.171. The minimum atomic E-state index is -0.891. The molecule has 5 aromatic carbocycles. The number of aliphatic hydroxyl groups excluding tert-OH is 1. The van der Waals surface area contributed by atoms with E-state index in [1.54, 1.807) is 24.3 Å². The molecule has 1 N–H and O–H groups in total. The third-order valence-electron chi connectivity index (χ3n) is 8.81. The average molecular weight is 698 g/mol. The highest BCUT2D eigenvalue weighted by molar-refractivity contribution is 8.00. The summed E-state index contributed by atoms with van der Waals surface area (Å²) in [6.07, 6.45) is 0. The molecule has 1 atom stereocenters. The summed E-state index contributed by atoms with van der Waals surface area (Å²) in [6.45, 7) is 6.64. The quantitative estimate of drug-likeness (QED) is 0.0501. The van der Waals surface area contributed by atoms with Crippen molar-refractivity contribution < 1.29 is 19.4 Å². The predicted octanol–water partition coefficient (Wildman–Crippen LogP) is 9.62. The van der Waals surface area contributed by atoms with E-state index in [9.17, 15) is 14.7 Å². The number of Topliss-reactive ketones (excluding diaryl/α,β-unsaturated/α-hetero) is 1. The molecule has 9 heteroatoms. The number of amides is 1. The van der Waals surface area contributed by atoms with Gasteiger partial charge in [-0.25, -0.2) is 0 Å². The molecule has 1 aromatic heterocycles. The summed E-state index contributed by atoms with van der Waals surface area (Å²) in [5.74, 6) is -0.216. The minimum Gasteiger partial charge on any atom is -0.507 e. The van der Waals surface area contributed by atoms with Crippen LogP contribution in [0.1, 0.15) is 59.2 Å². The molecule has 7 nitrogen and oxygen atoms in total. The standard InChI is InChI=1S/C41H35N3O4S2/c1-25(2)28-14-16-30(17-15-28)36-35(37(45)31-18-20-33(21-19-31)48-23-27-9-6-8-26(3)22-27)38(46)39(47)44(36)40-42-43-41(50-40)49-24-32-12-7-11-29-10-4-5-13-34(29)32/h4-22,25,36,45H,23-24H2,1-3H3/b37-35+. The number of rotatable bonds is 10. The van der Waals surface area contributed by atoms with Crippen LogP contribution in [0.2, 0.25) is 0 Å². The fourth-order valence-corrected chi connectivity index (χ4v) is 8.03. The Kier molecular flexibility index (Phi) is 9.52. The van der Waals surface area contributed by atoms with E-state index in [0.717, 1.165) is 16.7 Å². The third-order valence-corrected chi connectivity index (χ3v) is 10.9. The number of thioether (sulfide) groups is 1. The van der Waals surface area contributed by atoms with Crippen LogP contribution in [0.5, 0.6) is 5.75 Å². The van der Waals surface area contributed by atoms with Crippen LogP contribution >= 0.6 is 23.1 Å². The minimum absolute atomic E-state index is 0.000819. The summed E-state index contributed by atoms with van der Waals surface area (Å²) < 4.78 is 6.64. The molecule has 1 saturated heterocycles. The van der Waals surface area contributed by atoms with Crippen molar-refractivity contribution in [3.63, 3.8) is 0 Å². The maximum Gasteiger partial charge on any atom is 0.301 e. The first-order valence-corrected chi connectivity index (χ1v) is 18.2. The molecule has 2 heterocycles. The van der Waals surface area contributed by atoms with E-state index in [4.69, 9.17) is 4.74 Å². The summed E-state index contributed by atoms with van der Waals surface area (Å²) in [5, 5.41) is 23.1. The number of hydrogen-bond donors (Lipinski definition) is 1. The number of ether oxygens (including phenoxy) is 1. The summed E-state index contributed by atoms with van der Waals surface area (Å²) in [7, 11) is 0. The van der Waals surface area contributed by atoms with Gasteiger partial charge in [-0.3, -0.25) is 14.5 Å². The van der Waals surface area contributed by atoms with Gasteiger partial charge in [0, 0.05) is 11.3 Å². The van der Waals surface area contributed by atoms with Crippen molar-refractivity contribution in [1.82, 2.24) is 10.2 Å². The van der Waals surface area contributed by atoms with Gasteiger partial charge in [0.1, 0.15) is 18.1 Å².